The summed E-state index contributed by atoms with van der Waals surface area (Å²) in [6.07, 6.45) is 1.60. The number of nitrogens with zero attached hydrogens (tertiary/aromatic N) is 2. The van der Waals surface area contributed by atoms with Gasteiger partial charge in [-0.3, -0.25) is 19.7 Å². The Morgan fingerprint density at radius 1 is 1.11 bits per heavy atom. The Kier molecular flexibility index (Phi) is 5.33. The molecule has 27 heavy (non-hydrogen) atoms. The number of carbonyl (C=O) groups excluding carboxylic acids is 1. The molecular formula is C19H14ClN3O4. The van der Waals surface area contributed by atoms with E-state index >= 15 is 0 Å². The Morgan fingerprint density at radius 3 is 2.56 bits per heavy atom. The summed E-state index contributed by atoms with van der Waals surface area (Å²) >= 11 is 5.76. The Morgan fingerprint density at radius 2 is 1.85 bits per heavy atom. The van der Waals surface area contributed by atoms with Crippen molar-refractivity contribution in [2.45, 2.75) is 6.54 Å². The molecule has 3 aromatic rings. The molecule has 1 aromatic heterocycles. The molecule has 0 fully saturated rings. The SMILES string of the molecule is O=C(Nc1ccc(Cl)c([N+](=O)[O-])c1)c1cccn(Cc2ccccc2)c1=O. The first-order valence-electron chi connectivity index (χ1n) is 7.94. The zero-order valence-corrected chi connectivity index (χ0v) is 14.7. The largest absolute Gasteiger partial charge is 0.322 e. The van der Waals surface area contributed by atoms with Gasteiger partial charge in [-0.2, -0.15) is 0 Å². The molecule has 8 heteroatoms. The molecule has 0 aliphatic carbocycles. The third kappa shape index (κ3) is 4.21. The van der Waals surface area contributed by atoms with Gasteiger partial charge in [0, 0.05) is 18.0 Å². The number of benzene rings is 2. The summed E-state index contributed by atoms with van der Waals surface area (Å²) in [5, 5.41) is 13.4. The molecule has 0 saturated carbocycles. The van der Waals surface area contributed by atoms with E-state index in [2.05, 4.69) is 5.32 Å². The van der Waals surface area contributed by atoms with Gasteiger partial charge in [-0.1, -0.05) is 41.9 Å². The van der Waals surface area contributed by atoms with Gasteiger partial charge in [0.15, 0.2) is 0 Å². The van der Waals surface area contributed by atoms with Gasteiger partial charge in [0.1, 0.15) is 10.6 Å². The van der Waals surface area contributed by atoms with Gasteiger partial charge in [-0.15, -0.1) is 0 Å². The molecule has 0 radical (unpaired) electrons. The molecule has 1 N–H and O–H groups in total. The average molecular weight is 384 g/mol. The third-order valence-electron chi connectivity index (χ3n) is 3.86. The highest BCUT2D eigenvalue weighted by molar-refractivity contribution is 6.32. The number of nitro benzene ring substituents is 1. The van der Waals surface area contributed by atoms with E-state index in [1.807, 2.05) is 30.3 Å². The zero-order valence-electron chi connectivity index (χ0n) is 14.0. The molecule has 3 rings (SSSR count). The van der Waals surface area contributed by atoms with Crippen molar-refractivity contribution >= 4 is 28.9 Å². The molecule has 0 unspecified atom stereocenters. The van der Waals surface area contributed by atoms with Crippen LogP contribution in [0.15, 0.2) is 71.7 Å². The molecule has 0 saturated heterocycles. The van der Waals surface area contributed by atoms with Crippen LogP contribution < -0.4 is 10.9 Å². The maximum absolute atomic E-state index is 12.6. The quantitative estimate of drug-likeness (QED) is 0.536. The number of amides is 1. The van der Waals surface area contributed by atoms with Gasteiger partial charge in [-0.05, 0) is 29.8 Å². The van der Waals surface area contributed by atoms with E-state index in [1.165, 1.54) is 22.8 Å². The van der Waals surface area contributed by atoms with Gasteiger partial charge in [0.2, 0.25) is 0 Å². The second-order valence-corrected chi connectivity index (χ2v) is 6.13. The van der Waals surface area contributed by atoms with Crippen LogP contribution in [0.4, 0.5) is 11.4 Å². The summed E-state index contributed by atoms with van der Waals surface area (Å²) in [4.78, 5) is 35.4. The smallest absolute Gasteiger partial charge is 0.289 e. The van der Waals surface area contributed by atoms with E-state index in [0.717, 1.165) is 11.6 Å². The van der Waals surface area contributed by atoms with Crippen LogP contribution in [-0.4, -0.2) is 15.4 Å². The fourth-order valence-corrected chi connectivity index (χ4v) is 2.73. The van der Waals surface area contributed by atoms with E-state index in [0.29, 0.717) is 6.54 Å². The van der Waals surface area contributed by atoms with Gasteiger partial charge >= 0.3 is 0 Å². The number of pyridine rings is 1. The highest BCUT2D eigenvalue weighted by Gasteiger charge is 2.16. The van der Waals surface area contributed by atoms with E-state index in [9.17, 15) is 19.7 Å². The van der Waals surface area contributed by atoms with Crippen molar-refractivity contribution in [3.05, 3.63) is 103 Å². The number of nitrogens with one attached hydrogen (secondary N) is 1. The zero-order chi connectivity index (χ0) is 19.4. The molecule has 0 bridgehead atoms. The van der Waals surface area contributed by atoms with Crippen LogP contribution >= 0.6 is 11.6 Å². The van der Waals surface area contributed by atoms with Crippen molar-refractivity contribution in [2.24, 2.45) is 0 Å². The predicted molar refractivity (Wildman–Crippen MR) is 102 cm³/mol. The first-order chi connectivity index (χ1) is 13.0. The number of nitro groups is 1. The summed E-state index contributed by atoms with van der Waals surface area (Å²) in [6.45, 7) is 0.327. The van der Waals surface area contributed by atoms with Crippen LogP contribution in [0.25, 0.3) is 0 Å². The molecule has 0 aliphatic rings. The summed E-state index contributed by atoms with van der Waals surface area (Å²) in [5.74, 6) is -0.654. The molecule has 1 amide bonds. The lowest BCUT2D eigenvalue weighted by atomic mass is 10.2. The van der Waals surface area contributed by atoms with Crippen LogP contribution in [0.3, 0.4) is 0 Å². The number of anilines is 1. The molecule has 0 aliphatic heterocycles. The minimum Gasteiger partial charge on any atom is -0.322 e. The van der Waals surface area contributed by atoms with Gasteiger partial charge in [0.05, 0.1) is 11.5 Å². The number of aromatic nitrogens is 1. The van der Waals surface area contributed by atoms with E-state index in [-0.39, 0.29) is 22.0 Å². The monoisotopic (exact) mass is 383 g/mol. The number of carbonyl (C=O) groups is 1. The Balaban J connectivity index is 1.85. The molecular weight excluding hydrogens is 370 g/mol. The maximum atomic E-state index is 12.6. The average Bonchev–Trinajstić information content (AvgIpc) is 2.65. The lowest BCUT2D eigenvalue weighted by Gasteiger charge is -2.09. The maximum Gasteiger partial charge on any atom is 0.289 e. The van der Waals surface area contributed by atoms with Crippen molar-refractivity contribution < 1.29 is 9.72 Å². The minimum atomic E-state index is -0.654. The second kappa shape index (κ2) is 7.84. The number of rotatable bonds is 5. The Labute approximate surface area is 159 Å². The topological polar surface area (TPSA) is 94.2 Å². The Bertz CT molecular complexity index is 1060. The van der Waals surface area contributed by atoms with Gasteiger partial charge in [-0.25, -0.2) is 0 Å². The molecule has 7 nitrogen and oxygen atoms in total. The van der Waals surface area contributed by atoms with Crippen molar-refractivity contribution in [1.29, 1.82) is 0 Å². The fourth-order valence-electron chi connectivity index (χ4n) is 2.54. The van der Waals surface area contributed by atoms with E-state index in [1.54, 1.807) is 12.3 Å². The van der Waals surface area contributed by atoms with Crippen LogP contribution in [0.5, 0.6) is 0 Å². The molecule has 136 valence electrons. The molecule has 2 aromatic carbocycles. The van der Waals surface area contributed by atoms with Gasteiger partial charge < -0.3 is 9.88 Å². The lowest BCUT2D eigenvalue weighted by Crippen LogP contribution is -2.29. The summed E-state index contributed by atoms with van der Waals surface area (Å²) in [6, 6.07) is 16.3. The number of hydrogen-bond acceptors (Lipinski definition) is 4. The predicted octanol–water partition coefficient (Wildman–Crippen LogP) is 3.71. The first-order valence-corrected chi connectivity index (χ1v) is 8.32. The van der Waals surface area contributed by atoms with Crippen molar-refractivity contribution in [1.82, 2.24) is 4.57 Å². The van der Waals surface area contributed by atoms with Crippen LogP contribution in [-0.2, 0) is 6.54 Å². The fraction of sp³-hybridized carbons (Fsp3) is 0.0526. The van der Waals surface area contributed by atoms with Crippen molar-refractivity contribution in [3.63, 3.8) is 0 Å². The van der Waals surface area contributed by atoms with E-state index in [4.69, 9.17) is 11.6 Å². The highest BCUT2D eigenvalue weighted by atomic mass is 35.5. The molecule has 1 heterocycles. The molecule has 0 spiro atoms. The van der Waals surface area contributed by atoms with Gasteiger partial charge in [0.25, 0.3) is 17.2 Å². The highest BCUT2D eigenvalue weighted by Crippen LogP contribution is 2.27. The summed E-state index contributed by atoms with van der Waals surface area (Å²) in [5.41, 5.74) is 0.247. The standard InChI is InChI=1S/C19H14ClN3O4/c20-16-9-8-14(11-17(16)23(26)27)21-18(24)15-7-4-10-22(19(15)25)12-13-5-2-1-3-6-13/h1-11H,12H2,(H,21,24). The first kappa shape index (κ1) is 18.3. The third-order valence-corrected chi connectivity index (χ3v) is 4.18. The normalized spacial score (nSPS) is 10.4. The van der Waals surface area contributed by atoms with Crippen LogP contribution in [0, 0.1) is 10.1 Å². The number of halogens is 1. The van der Waals surface area contributed by atoms with E-state index < -0.39 is 16.4 Å². The molecule has 0 atom stereocenters. The van der Waals surface area contributed by atoms with Crippen molar-refractivity contribution in [3.8, 4) is 0 Å². The Hall–Kier alpha value is -3.45. The van der Waals surface area contributed by atoms with Crippen LogP contribution in [0.1, 0.15) is 15.9 Å². The summed E-state index contributed by atoms with van der Waals surface area (Å²) < 4.78 is 1.43. The lowest BCUT2D eigenvalue weighted by molar-refractivity contribution is -0.384. The van der Waals surface area contributed by atoms with Crippen molar-refractivity contribution in [2.75, 3.05) is 5.32 Å². The minimum absolute atomic E-state index is 0.0390. The van der Waals surface area contributed by atoms with Crippen LogP contribution in [0.2, 0.25) is 5.02 Å². The second-order valence-electron chi connectivity index (χ2n) is 5.72. The number of hydrogen-bond donors (Lipinski definition) is 1. The summed E-state index contributed by atoms with van der Waals surface area (Å²) in [7, 11) is 0.